The third-order valence-corrected chi connectivity index (χ3v) is 2.96. The van der Waals surface area contributed by atoms with Crippen molar-refractivity contribution in [1.29, 1.82) is 0 Å². The molecule has 0 aromatic heterocycles. The molecule has 0 aliphatic rings. The zero-order chi connectivity index (χ0) is 17.4. The minimum atomic E-state index is -0.660. The van der Waals surface area contributed by atoms with Gasteiger partial charge in [-0.25, -0.2) is 9.18 Å². The molecule has 0 heterocycles. The summed E-state index contributed by atoms with van der Waals surface area (Å²) in [5, 5.41) is 2.43. The molecule has 2 aromatic carbocycles. The molecule has 0 spiro atoms. The van der Waals surface area contributed by atoms with Crippen molar-refractivity contribution in [3.63, 3.8) is 0 Å². The number of anilines is 1. The van der Waals surface area contributed by atoms with Gasteiger partial charge in [0.1, 0.15) is 11.6 Å². The maximum absolute atomic E-state index is 13.0. The molecule has 2 aromatic rings. The summed E-state index contributed by atoms with van der Waals surface area (Å²) in [6.07, 6.45) is 2.76. The zero-order valence-corrected chi connectivity index (χ0v) is 13.0. The van der Waals surface area contributed by atoms with E-state index in [1.165, 1.54) is 30.3 Å². The fourth-order valence-corrected chi connectivity index (χ4v) is 1.86. The van der Waals surface area contributed by atoms with Gasteiger partial charge in [0, 0.05) is 11.8 Å². The van der Waals surface area contributed by atoms with Crippen LogP contribution in [0.1, 0.15) is 5.56 Å². The van der Waals surface area contributed by atoms with E-state index < -0.39 is 24.3 Å². The number of benzene rings is 2. The molecular formula is C18H16FNO4. The van der Waals surface area contributed by atoms with Gasteiger partial charge in [0.25, 0.3) is 5.91 Å². The normalized spacial score (nSPS) is 10.4. The molecule has 1 N–H and O–H groups in total. The standard InChI is InChI=1S/C18H16FNO4/c1-23-16-7-2-4-13(10-16)8-9-18(22)24-12-17(21)20-15-6-3-5-14(19)11-15/h2-11H,12H2,1H3,(H,20,21). The number of carbonyl (C=O) groups is 2. The van der Waals surface area contributed by atoms with Crippen LogP contribution in [0.4, 0.5) is 10.1 Å². The predicted octanol–water partition coefficient (Wildman–Crippen LogP) is 3.03. The Hall–Kier alpha value is -3.15. The van der Waals surface area contributed by atoms with E-state index in [1.54, 1.807) is 37.5 Å². The van der Waals surface area contributed by atoms with Crippen LogP contribution in [-0.2, 0) is 14.3 Å². The van der Waals surface area contributed by atoms with Crippen molar-refractivity contribution in [3.05, 3.63) is 66.0 Å². The smallest absolute Gasteiger partial charge is 0.331 e. The molecule has 2 rings (SSSR count). The van der Waals surface area contributed by atoms with E-state index in [0.717, 1.165) is 5.56 Å². The number of hydrogen-bond donors (Lipinski definition) is 1. The topological polar surface area (TPSA) is 64.6 Å². The molecule has 0 aliphatic carbocycles. The monoisotopic (exact) mass is 329 g/mol. The van der Waals surface area contributed by atoms with E-state index in [1.807, 2.05) is 0 Å². The number of ether oxygens (including phenoxy) is 2. The summed E-state index contributed by atoms with van der Waals surface area (Å²) in [4.78, 5) is 23.2. The third-order valence-electron chi connectivity index (χ3n) is 2.96. The number of carbonyl (C=O) groups excluding carboxylic acids is 2. The van der Waals surface area contributed by atoms with E-state index in [0.29, 0.717) is 11.4 Å². The van der Waals surface area contributed by atoms with Crippen LogP contribution in [0.25, 0.3) is 6.08 Å². The van der Waals surface area contributed by atoms with Crippen LogP contribution < -0.4 is 10.1 Å². The molecule has 0 atom stereocenters. The first-order chi connectivity index (χ1) is 11.6. The third kappa shape index (κ3) is 5.57. The SMILES string of the molecule is COc1cccc(C=CC(=O)OCC(=O)Nc2cccc(F)c2)c1. The average Bonchev–Trinajstić information content (AvgIpc) is 2.58. The number of hydrogen-bond acceptors (Lipinski definition) is 4. The molecule has 124 valence electrons. The first-order valence-electron chi connectivity index (χ1n) is 7.11. The Labute approximate surface area is 138 Å². The molecule has 0 bridgehead atoms. The summed E-state index contributed by atoms with van der Waals surface area (Å²) in [6, 6.07) is 12.5. The minimum Gasteiger partial charge on any atom is -0.497 e. The summed E-state index contributed by atoms with van der Waals surface area (Å²) in [6.45, 7) is -0.461. The lowest BCUT2D eigenvalue weighted by molar-refractivity contribution is -0.142. The van der Waals surface area contributed by atoms with E-state index in [2.05, 4.69) is 5.32 Å². The lowest BCUT2D eigenvalue weighted by Gasteiger charge is -2.05. The lowest BCUT2D eigenvalue weighted by Crippen LogP contribution is -2.20. The summed E-state index contributed by atoms with van der Waals surface area (Å²) in [5.74, 6) is -1.01. The highest BCUT2D eigenvalue weighted by Crippen LogP contribution is 2.13. The van der Waals surface area contributed by atoms with Crippen LogP contribution in [0.3, 0.4) is 0 Å². The second kappa shape index (κ2) is 8.47. The predicted molar refractivity (Wildman–Crippen MR) is 88.0 cm³/mol. The van der Waals surface area contributed by atoms with Gasteiger partial charge in [0.05, 0.1) is 7.11 Å². The second-order valence-corrected chi connectivity index (χ2v) is 4.78. The highest BCUT2D eigenvalue weighted by atomic mass is 19.1. The van der Waals surface area contributed by atoms with Crippen molar-refractivity contribution >= 4 is 23.6 Å². The van der Waals surface area contributed by atoms with Crippen LogP contribution in [-0.4, -0.2) is 25.6 Å². The average molecular weight is 329 g/mol. The fourth-order valence-electron chi connectivity index (χ4n) is 1.86. The zero-order valence-electron chi connectivity index (χ0n) is 13.0. The molecule has 0 saturated heterocycles. The van der Waals surface area contributed by atoms with Crippen molar-refractivity contribution < 1.29 is 23.5 Å². The Bertz CT molecular complexity index is 758. The van der Waals surface area contributed by atoms with Crippen molar-refractivity contribution in [2.75, 3.05) is 19.0 Å². The number of amides is 1. The quantitative estimate of drug-likeness (QED) is 0.653. The molecule has 5 nitrogen and oxygen atoms in total. The summed E-state index contributed by atoms with van der Waals surface area (Å²) >= 11 is 0. The van der Waals surface area contributed by atoms with Crippen LogP contribution in [0.2, 0.25) is 0 Å². The number of esters is 1. The Morgan fingerprint density at radius 1 is 1.17 bits per heavy atom. The molecule has 0 fully saturated rings. The van der Waals surface area contributed by atoms with Gasteiger partial charge in [-0.1, -0.05) is 18.2 Å². The molecule has 0 saturated carbocycles. The summed E-state index contributed by atoms with van der Waals surface area (Å²) < 4.78 is 22.9. The van der Waals surface area contributed by atoms with Crippen LogP contribution in [0.5, 0.6) is 5.75 Å². The molecule has 0 radical (unpaired) electrons. The Kier molecular flexibility index (Phi) is 6.08. The van der Waals surface area contributed by atoms with Gasteiger partial charge in [-0.3, -0.25) is 4.79 Å². The molecule has 6 heteroatoms. The van der Waals surface area contributed by atoms with Gasteiger partial charge in [0.2, 0.25) is 0 Å². The second-order valence-electron chi connectivity index (χ2n) is 4.78. The lowest BCUT2D eigenvalue weighted by atomic mass is 10.2. The van der Waals surface area contributed by atoms with Gasteiger partial charge >= 0.3 is 5.97 Å². The largest absolute Gasteiger partial charge is 0.497 e. The number of rotatable bonds is 6. The van der Waals surface area contributed by atoms with Gasteiger partial charge in [-0.2, -0.15) is 0 Å². The number of nitrogens with one attached hydrogen (secondary N) is 1. The molecule has 0 aliphatic heterocycles. The van der Waals surface area contributed by atoms with Crippen molar-refractivity contribution in [2.45, 2.75) is 0 Å². The van der Waals surface area contributed by atoms with Crippen LogP contribution >= 0.6 is 0 Å². The Morgan fingerprint density at radius 2 is 1.96 bits per heavy atom. The van der Waals surface area contributed by atoms with Gasteiger partial charge in [-0.05, 0) is 42.0 Å². The maximum Gasteiger partial charge on any atom is 0.331 e. The molecule has 1 amide bonds. The number of halogens is 1. The van der Waals surface area contributed by atoms with Crippen molar-refractivity contribution in [2.24, 2.45) is 0 Å². The summed E-state index contributed by atoms with van der Waals surface area (Å²) in [5.41, 5.74) is 1.05. The van der Waals surface area contributed by atoms with E-state index in [9.17, 15) is 14.0 Å². The van der Waals surface area contributed by atoms with E-state index >= 15 is 0 Å². The highest BCUT2D eigenvalue weighted by Gasteiger charge is 2.06. The van der Waals surface area contributed by atoms with Gasteiger partial charge in [0.15, 0.2) is 6.61 Å². The van der Waals surface area contributed by atoms with Crippen molar-refractivity contribution in [3.8, 4) is 5.75 Å². The fraction of sp³-hybridized carbons (Fsp3) is 0.111. The van der Waals surface area contributed by atoms with Gasteiger partial charge < -0.3 is 14.8 Å². The Morgan fingerprint density at radius 3 is 2.71 bits per heavy atom. The highest BCUT2D eigenvalue weighted by molar-refractivity contribution is 5.94. The van der Waals surface area contributed by atoms with E-state index in [4.69, 9.17) is 9.47 Å². The van der Waals surface area contributed by atoms with Gasteiger partial charge in [-0.15, -0.1) is 0 Å². The molecule has 24 heavy (non-hydrogen) atoms. The first-order valence-corrected chi connectivity index (χ1v) is 7.11. The summed E-state index contributed by atoms with van der Waals surface area (Å²) in [7, 11) is 1.55. The maximum atomic E-state index is 13.0. The van der Waals surface area contributed by atoms with Crippen molar-refractivity contribution in [1.82, 2.24) is 0 Å². The van der Waals surface area contributed by atoms with Crippen LogP contribution in [0.15, 0.2) is 54.6 Å². The minimum absolute atomic E-state index is 0.294. The first kappa shape index (κ1) is 17.2. The molecule has 0 unspecified atom stereocenters. The Balaban J connectivity index is 1.81. The number of methoxy groups -OCH3 is 1. The van der Waals surface area contributed by atoms with Crippen LogP contribution in [0, 0.1) is 5.82 Å². The van der Waals surface area contributed by atoms with E-state index in [-0.39, 0.29) is 0 Å². The molecular weight excluding hydrogens is 313 g/mol.